The van der Waals surface area contributed by atoms with Gasteiger partial charge < -0.3 is 20.4 Å². The Kier molecular flexibility index (Phi) is 8.85. The summed E-state index contributed by atoms with van der Waals surface area (Å²) in [5.41, 5.74) is 4.13. The maximum absolute atomic E-state index is 11.6. The fourth-order valence-corrected chi connectivity index (χ4v) is 4.18. The van der Waals surface area contributed by atoms with Crippen molar-refractivity contribution in [3.8, 4) is 0 Å². The van der Waals surface area contributed by atoms with Crippen molar-refractivity contribution >= 4 is 41.5 Å². The second-order valence-corrected chi connectivity index (χ2v) is 7.70. The van der Waals surface area contributed by atoms with Crippen LogP contribution < -0.4 is 15.5 Å². The summed E-state index contributed by atoms with van der Waals surface area (Å²) in [6.07, 6.45) is 5.12. The number of carbonyl (C=O) groups excluding carboxylic acids is 1. The molecule has 0 radical (unpaired) electrons. The number of nitrogens with zero attached hydrogens (tertiary/aromatic N) is 3. The number of anilines is 1. The van der Waals surface area contributed by atoms with E-state index < -0.39 is 0 Å². The summed E-state index contributed by atoms with van der Waals surface area (Å²) in [5, 5.41) is 6.25. The molecule has 6 nitrogen and oxygen atoms in total. The summed E-state index contributed by atoms with van der Waals surface area (Å²) < 4.78 is 0. The number of aryl methyl sites for hydroxylation is 1. The molecule has 2 N–H and O–H groups in total. The van der Waals surface area contributed by atoms with E-state index in [-0.39, 0.29) is 29.9 Å². The van der Waals surface area contributed by atoms with Crippen LogP contribution in [0.4, 0.5) is 5.69 Å². The first kappa shape index (κ1) is 22.8. The second kappa shape index (κ2) is 10.9. The molecule has 3 rings (SSSR count). The normalized spacial score (nSPS) is 17.6. The number of amides is 1. The van der Waals surface area contributed by atoms with Crippen molar-refractivity contribution < 1.29 is 4.79 Å². The summed E-state index contributed by atoms with van der Waals surface area (Å²) in [4.78, 5) is 20.7. The number of piperidine rings is 1. The minimum absolute atomic E-state index is 0. The number of likely N-dealkylation sites (tertiary alicyclic amines) is 1. The van der Waals surface area contributed by atoms with Gasteiger partial charge in [-0.2, -0.15) is 0 Å². The molecule has 0 saturated carbocycles. The molecule has 0 aliphatic carbocycles. The number of guanidine groups is 1. The standard InChI is InChI=1S/C21H33N5O.HI/c1-22-20(27)14-16-8-11-26(12-9-16)21(23-2)24-15-17-6-7-19-18(13-17)5-4-10-25(19)3;/h6-7,13,16H,4-5,8-12,14-15H2,1-3H3,(H,22,27)(H,23,24);1H. The lowest BCUT2D eigenvalue weighted by Gasteiger charge is -2.34. The highest BCUT2D eigenvalue weighted by molar-refractivity contribution is 14.0. The average Bonchev–Trinajstić information content (AvgIpc) is 2.69. The van der Waals surface area contributed by atoms with E-state index in [9.17, 15) is 4.79 Å². The molecular formula is C21H34IN5O. The number of nitrogens with one attached hydrogen (secondary N) is 2. The molecule has 28 heavy (non-hydrogen) atoms. The van der Waals surface area contributed by atoms with Crippen molar-refractivity contribution in [3.05, 3.63) is 29.3 Å². The number of halogens is 1. The van der Waals surface area contributed by atoms with Crippen LogP contribution in [0.15, 0.2) is 23.2 Å². The number of rotatable bonds is 4. The highest BCUT2D eigenvalue weighted by Gasteiger charge is 2.23. The number of aliphatic imine (C=N–C) groups is 1. The van der Waals surface area contributed by atoms with E-state index in [1.54, 1.807) is 7.05 Å². The fourth-order valence-electron chi connectivity index (χ4n) is 4.18. The Morgan fingerprint density at radius 1 is 1.25 bits per heavy atom. The van der Waals surface area contributed by atoms with E-state index in [0.717, 1.165) is 45.0 Å². The molecule has 1 amide bonds. The van der Waals surface area contributed by atoms with Crippen LogP contribution in [0.3, 0.4) is 0 Å². The van der Waals surface area contributed by atoms with E-state index >= 15 is 0 Å². The molecule has 156 valence electrons. The van der Waals surface area contributed by atoms with Crippen LogP contribution in [-0.4, -0.2) is 57.5 Å². The highest BCUT2D eigenvalue weighted by Crippen LogP contribution is 2.27. The quantitative estimate of drug-likeness (QED) is 0.380. The van der Waals surface area contributed by atoms with Crippen molar-refractivity contribution in [1.82, 2.24) is 15.5 Å². The molecule has 1 aromatic rings. The summed E-state index contributed by atoms with van der Waals surface area (Å²) >= 11 is 0. The largest absolute Gasteiger partial charge is 0.374 e. The molecule has 0 atom stereocenters. The van der Waals surface area contributed by atoms with Gasteiger partial charge in [-0.25, -0.2) is 0 Å². The minimum atomic E-state index is 0. The molecule has 2 aliphatic rings. The van der Waals surface area contributed by atoms with Crippen LogP contribution in [0.2, 0.25) is 0 Å². The zero-order valence-electron chi connectivity index (χ0n) is 17.3. The first-order valence-electron chi connectivity index (χ1n) is 10.1. The maximum atomic E-state index is 11.6. The van der Waals surface area contributed by atoms with Crippen molar-refractivity contribution in [2.75, 3.05) is 45.7 Å². The predicted octanol–water partition coefficient (Wildman–Crippen LogP) is 2.61. The SMILES string of the molecule is CN=C(NCc1ccc2c(c1)CCCN2C)N1CCC(CC(=O)NC)CC1.I. The zero-order chi connectivity index (χ0) is 19.2. The number of benzene rings is 1. The van der Waals surface area contributed by atoms with Crippen molar-refractivity contribution in [2.45, 2.75) is 38.6 Å². The Morgan fingerprint density at radius 2 is 2.00 bits per heavy atom. The van der Waals surface area contributed by atoms with Gasteiger partial charge in [0, 0.05) is 59.4 Å². The molecule has 1 aromatic carbocycles. The minimum Gasteiger partial charge on any atom is -0.374 e. The molecule has 2 heterocycles. The fraction of sp³-hybridized carbons (Fsp3) is 0.619. The van der Waals surface area contributed by atoms with Gasteiger partial charge in [0.2, 0.25) is 5.91 Å². The Morgan fingerprint density at radius 3 is 2.68 bits per heavy atom. The maximum Gasteiger partial charge on any atom is 0.220 e. The van der Waals surface area contributed by atoms with Crippen molar-refractivity contribution in [3.63, 3.8) is 0 Å². The molecule has 2 aliphatic heterocycles. The van der Waals surface area contributed by atoms with Gasteiger partial charge in [0.05, 0.1) is 0 Å². The smallest absolute Gasteiger partial charge is 0.220 e. The van der Waals surface area contributed by atoms with Gasteiger partial charge in [0.25, 0.3) is 0 Å². The molecule has 0 aromatic heterocycles. The average molecular weight is 499 g/mol. The van der Waals surface area contributed by atoms with Gasteiger partial charge >= 0.3 is 0 Å². The summed E-state index contributed by atoms with van der Waals surface area (Å²) in [5.74, 6) is 1.59. The molecule has 0 bridgehead atoms. The van der Waals surface area contributed by atoms with Gasteiger partial charge in [-0.05, 0) is 48.8 Å². The number of hydrogen-bond donors (Lipinski definition) is 2. The second-order valence-electron chi connectivity index (χ2n) is 7.70. The molecule has 7 heteroatoms. The Labute approximate surface area is 186 Å². The lowest BCUT2D eigenvalue weighted by atomic mass is 9.93. The Hall–Kier alpha value is -1.51. The van der Waals surface area contributed by atoms with E-state index in [2.05, 4.69) is 50.7 Å². The van der Waals surface area contributed by atoms with Crippen LogP contribution in [0.5, 0.6) is 0 Å². The highest BCUT2D eigenvalue weighted by atomic mass is 127. The summed E-state index contributed by atoms with van der Waals surface area (Å²) in [6, 6.07) is 6.80. The molecule has 1 fully saturated rings. The zero-order valence-corrected chi connectivity index (χ0v) is 19.7. The van der Waals surface area contributed by atoms with Crippen molar-refractivity contribution in [1.29, 1.82) is 0 Å². The monoisotopic (exact) mass is 499 g/mol. The lowest BCUT2D eigenvalue weighted by molar-refractivity contribution is -0.121. The summed E-state index contributed by atoms with van der Waals surface area (Å²) in [6.45, 7) is 3.85. The van der Waals surface area contributed by atoms with Gasteiger partial charge in [-0.1, -0.05) is 12.1 Å². The third-order valence-electron chi connectivity index (χ3n) is 5.82. The van der Waals surface area contributed by atoms with Crippen LogP contribution in [0.25, 0.3) is 0 Å². The van der Waals surface area contributed by atoms with E-state index in [1.165, 1.54) is 29.7 Å². The van der Waals surface area contributed by atoms with Crippen LogP contribution in [0, 0.1) is 5.92 Å². The summed E-state index contributed by atoms with van der Waals surface area (Å²) in [7, 11) is 5.73. The van der Waals surface area contributed by atoms with E-state index in [4.69, 9.17) is 0 Å². The number of carbonyl (C=O) groups is 1. The Balaban J connectivity index is 0.00000280. The Bertz CT molecular complexity index is 685. The van der Waals surface area contributed by atoms with Crippen LogP contribution in [0.1, 0.15) is 36.8 Å². The van der Waals surface area contributed by atoms with Gasteiger partial charge in [-0.15, -0.1) is 24.0 Å². The first-order valence-corrected chi connectivity index (χ1v) is 10.1. The molecule has 1 saturated heterocycles. The first-order chi connectivity index (χ1) is 13.1. The van der Waals surface area contributed by atoms with Crippen LogP contribution in [-0.2, 0) is 17.8 Å². The number of hydrogen-bond acceptors (Lipinski definition) is 3. The molecular weight excluding hydrogens is 465 g/mol. The molecule has 0 spiro atoms. The van der Waals surface area contributed by atoms with Gasteiger partial charge in [-0.3, -0.25) is 9.79 Å². The van der Waals surface area contributed by atoms with E-state index in [1.807, 2.05) is 7.05 Å². The lowest BCUT2D eigenvalue weighted by Crippen LogP contribution is -2.45. The number of fused-ring (bicyclic) bond motifs is 1. The predicted molar refractivity (Wildman–Crippen MR) is 127 cm³/mol. The topological polar surface area (TPSA) is 60.0 Å². The van der Waals surface area contributed by atoms with E-state index in [0.29, 0.717) is 12.3 Å². The van der Waals surface area contributed by atoms with Gasteiger partial charge in [0.1, 0.15) is 0 Å². The van der Waals surface area contributed by atoms with Crippen LogP contribution >= 0.6 is 24.0 Å². The third kappa shape index (κ3) is 5.75. The van der Waals surface area contributed by atoms with Crippen molar-refractivity contribution in [2.24, 2.45) is 10.9 Å². The third-order valence-corrected chi connectivity index (χ3v) is 5.82. The van der Waals surface area contributed by atoms with Gasteiger partial charge in [0.15, 0.2) is 5.96 Å². The molecule has 0 unspecified atom stereocenters.